The first-order chi connectivity index (χ1) is 10.2. The SMILES string of the molecule is CCCOc1cccc2c1[nH]c(=S)n2Cc1sccc1C. The second-order valence-corrected chi connectivity index (χ2v) is 6.43. The third-order valence-corrected chi connectivity index (χ3v) is 4.83. The summed E-state index contributed by atoms with van der Waals surface area (Å²) in [6.07, 6.45) is 0.992. The second-order valence-electron chi connectivity index (χ2n) is 5.04. The molecule has 0 radical (unpaired) electrons. The zero-order valence-electron chi connectivity index (χ0n) is 12.2. The van der Waals surface area contributed by atoms with Crippen LogP contribution in [0.1, 0.15) is 23.8 Å². The van der Waals surface area contributed by atoms with Gasteiger partial charge < -0.3 is 14.3 Å². The Hall–Kier alpha value is -1.59. The highest BCUT2D eigenvalue weighted by Gasteiger charge is 2.11. The predicted molar refractivity (Wildman–Crippen MR) is 91.1 cm³/mol. The van der Waals surface area contributed by atoms with Gasteiger partial charge in [-0.2, -0.15) is 0 Å². The molecule has 0 fully saturated rings. The summed E-state index contributed by atoms with van der Waals surface area (Å²) >= 11 is 7.27. The van der Waals surface area contributed by atoms with Crippen molar-refractivity contribution in [2.75, 3.05) is 6.61 Å². The molecule has 0 unspecified atom stereocenters. The van der Waals surface area contributed by atoms with E-state index in [4.69, 9.17) is 17.0 Å². The van der Waals surface area contributed by atoms with E-state index < -0.39 is 0 Å². The fraction of sp³-hybridized carbons (Fsp3) is 0.312. The maximum absolute atomic E-state index is 5.81. The zero-order chi connectivity index (χ0) is 14.8. The van der Waals surface area contributed by atoms with E-state index in [2.05, 4.69) is 40.9 Å². The van der Waals surface area contributed by atoms with Gasteiger partial charge in [-0.3, -0.25) is 0 Å². The van der Waals surface area contributed by atoms with Crippen molar-refractivity contribution in [3.8, 4) is 5.75 Å². The van der Waals surface area contributed by atoms with Gasteiger partial charge in [0.05, 0.1) is 18.7 Å². The van der Waals surface area contributed by atoms with Crippen molar-refractivity contribution >= 4 is 34.6 Å². The Labute approximate surface area is 133 Å². The first kappa shape index (κ1) is 14.4. The van der Waals surface area contributed by atoms with E-state index in [-0.39, 0.29) is 0 Å². The van der Waals surface area contributed by atoms with Crippen LogP contribution in [0, 0.1) is 11.7 Å². The summed E-state index contributed by atoms with van der Waals surface area (Å²) in [6, 6.07) is 8.25. The monoisotopic (exact) mass is 318 g/mol. The molecule has 1 aromatic carbocycles. The van der Waals surface area contributed by atoms with E-state index in [1.54, 1.807) is 11.3 Å². The maximum Gasteiger partial charge on any atom is 0.178 e. The van der Waals surface area contributed by atoms with Crippen molar-refractivity contribution in [3.63, 3.8) is 0 Å². The third-order valence-electron chi connectivity index (χ3n) is 3.50. The number of rotatable bonds is 5. The topological polar surface area (TPSA) is 29.9 Å². The molecule has 110 valence electrons. The lowest BCUT2D eigenvalue weighted by molar-refractivity contribution is 0.320. The van der Waals surface area contributed by atoms with E-state index in [9.17, 15) is 0 Å². The van der Waals surface area contributed by atoms with Gasteiger partial charge in [-0.05, 0) is 54.7 Å². The number of fused-ring (bicyclic) bond motifs is 1. The molecule has 3 nitrogen and oxygen atoms in total. The van der Waals surface area contributed by atoms with E-state index >= 15 is 0 Å². The highest BCUT2D eigenvalue weighted by Crippen LogP contribution is 2.27. The van der Waals surface area contributed by atoms with E-state index in [1.165, 1.54) is 10.4 Å². The smallest absolute Gasteiger partial charge is 0.178 e. The van der Waals surface area contributed by atoms with Crippen LogP contribution in [0.4, 0.5) is 0 Å². The Kier molecular flexibility index (Phi) is 4.12. The molecule has 0 saturated carbocycles. The summed E-state index contributed by atoms with van der Waals surface area (Å²) in [7, 11) is 0. The molecule has 0 aliphatic rings. The molecule has 0 aliphatic heterocycles. The van der Waals surface area contributed by atoms with Crippen molar-refractivity contribution in [1.82, 2.24) is 9.55 Å². The fourth-order valence-corrected chi connectivity index (χ4v) is 3.51. The molecule has 2 aromatic heterocycles. The molecule has 5 heteroatoms. The van der Waals surface area contributed by atoms with Crippen molar-refractivity contribution in [2.24, 2.45) is 0 Å². The lowest BCUT2D eigenvalue weighted by Gasteiger charge is -2.07. The molecule has 0 spiro atoms. The van der Waals surface area contributed by atoms with Crippen LogP contribution in [-0.4, -0.2) is 16.2 Å². The van der Waals surface area contributed by atoms with Gasteiger partial charge in [-0.1, -0.05) is 13.0 Å². The predicted octanol–water partition coefficient (Wildman–Crippen LogP) is 4.91. The van der Waals surface area contributed by atoms with Crippen LogP contribution in [0.3, 0.4) is 0 Å². The molecule has 3 aromatic rings. The number of ether oxygens (including phenoxy) is 1. The minimum Gasteiger partial charge on any atom is -0.491 e. The Morgan fingerprint density at radius 2 is 2.19 bits per heavy atom. The Morgan fingerprint density at radius 3 is 2.90 bits per heavy atom. The van der Waals surface area contributed by atoms with E-state index in [1.807, 2.05) is 12.1 Å². The Bertz CT molecular complexity index is 813. The van der Waals surface area contributed by atoms with Crippen molar-refractivity contribution in [3.05, 3.63) is 44.9 Å². The quantitative estimate of drug-likeness (QED) is 0.678. The minimum atomic E-state index is 0.717. The normalized spacial score (nSPS) is 11.1. The van der Waals surface area contributed by atoms with Gasteiger partial charge in [0.2, 0.25) is 0 Å². The van der Waals surface area contributed by atoms with Gasteiger partial charge in [0, 0.05) is 4.88 Å². The summed E-state index contributed by atoms with van der Waals surface area (Å²) in [5.41, 5.74) is 3.40. The molecule has 1 N–H and O–H groups in total. The molecular formula is C16H18N2OS2. The minimum absolute atomic E-state index is 0.717. The molecule has 0 aliphatic carbocycles. The van der Waals surface area contributed by atoms with Crippen molar-refractivity contribution < 1.29 is 4.74 Å². The van der Waals surface area contributed by atoms with Crippen LogP contribution >= 0.6 is 23.6 Å². The van der Waals surface area contributed by atoms with Gasteiger partial charge >= 0.3 is 0 Å². The third kappa shape index (κ3) is 2.76. The number of imidazole rings is 1. The van der Waals surface area contributed by atoms with Crippen LogP contribution in [0.2, 0.25) is 0 Å². The van der Waals surface area contributed by atoms with Crippen LogP contribution in [-0.2, 0) is 6.54 Å². The lowest BCUT2D eigenvalue weighted by atomic mass is 10.2. The summed E-state index contributed by atoms with van der Waals surface area (Å²) < 4.78 is 8.69. The largest absolute Gasteiger partial charge is 0.491 e. The van der Waals surface area contributed by atoms with Gasteiger partial charge in [0.25, 0.3) is 0 Å². The van der Waals surface area contributed by atoms with Crippen LogP contribution < -0.4 is 4.74 Å². The molecule has 0 amide bonds. The highest BCUT2D eigenvalue weighted by atomic mass is 32.1. The van der Waals surface area contributed by atoms with Crippen LogP contribution in [0.5, 0.6) is 5.75 Å². The average Bonchev–Trinajstić information content (AvgIpc) is 3.02. The molecule has 21 heavy (non-hydrogen) atoms. The number of nitrogens with one attached hydrogen (secondary N) is 1. The van der Waals surface area contributed by atoms with E-state index in [0.717, 1.165) is 41.1 Å². The zero-order valence-corrected chi connectivity index (χ0v) is 13.8. The van der Waals surface area contributed by atoms with Gasteiger partial charge in [-0.15, -0.1) is 11.3 Å². The standard InChI is InChI=1S/C16H18N2OS2/c1-3-8-19-13-6-4-5-12-15(13)17-16(20)18(12)10-14-11(2)7-9-21-14/h4-7,9H,3,8,10H2,1-2H3,(H,17,20). The maximum atomic E-state index is 5.81. The van der Waals surface area contributed by atoms with Gasteiger partial charge in [0.1, 0.15) is 11.3 Å². The summed E-state index contributed by atoms with van der Waals surface area (Å²) in [4.78, 5) is 4.63. The molecule has 0 saturated heterocycles. The Balaban J connectivity index is 2.05. The number of H-pyrrole nitrogens is 1. The molecule has 3 rings (SSSR count). The first-order valence-corrected chi connectivity index (χ1v) is 8.36. The number of nitrogens with zero attached hydrogens (tertiary/aromatic N) is 1. The highest BCUT2D eigenvalue weighted by molar-refractivity contribution is 7.71. The number of para-hydroxylation sites is 1. The number of hydrogen-bond donors (Lipinski definition) is 1. The van der Waals surface area contributed by atoms with Gasteiger partial charge in [-0.25, -0.2) is 0 Å². The van der Waals surface area contributed by atoms with Gasteiger partial charge in [0.15, 0.2) is 4.77 Å². The number of thiophene rings is 1. The summed E-state index contributed by atoms with van der Waals surface area (Å²) in [5.74, 6) is 0.877. The van der Waals surface area contributed by atoms with E-state index in [0.29, 0.717) is 0 Å². The lowest BCUT2D eigenvalue weighted by Crippen LogP contribution is -1.99. The van der Waals surface area contributed by atoms with Crippen LogP contribution in [0.25, 0.3) is 11.0 Å². The second kappa shape index (κ2) is 6.03. The molecular weight excluding hydrogens is 300 g/mol. The summed E-state index contributed by atoms with van der Waals surface area (Å²) in [6.45, 7) is 5.77. The first-order valence-electron chi connectivity index (χ1n) is 7.08. The Morgan fingerprint density at radius 1 is 1.33 bits per heavy atom. The van der Waals surface area contributed by atoms with Crippen molar-refractivity contribution in [2.45, 2.75) is 26.8 Å². The fourth-order valence-electron chi connectivity index (χ4n) is 2.35. The number of aryl methyl sites for hydroxylation is 1. The summed E-state index contributed by atoms with van der Waals surface area (Å²) in [5, 5.41) is 2.12. The number of hydrogen-bond acceptors (Lipinski definition) is 3. The average molecular weight is 318 g/mol. The van der Waals surface area contributed by atoms with Crippen LogP contribution in [0.15, 0.2) is 29.6 Å². The molecule has 0 atom stereocenters. The van der Waals surface area contributed by atoms with Crippen molar-refractivity contribution in [1.29, 1.82) is 0 Å². The number of aromatic nitrogens is 2. The number of benzene rings is 1. The number of aromatic amines is 1. The molecule has 2 heterocycles. The molecule has 0 bridgehead atoms.